The Morgan fingerprint density at radius 2 is 1.70 bits per heavy atom. The van der Waals surface area contributed by atoms with Gasteiger partial charge < -0.3 is 10.7 Å². The third-order valence-corrected chi connectivity index (χ3v) is 3.23. The van der Waals surface area contributed by atoms with Gasteiger partial charge in [0, 0.05) is 11.4 Å². The lowest BCUT2D eigenvalue weighted by Crippen LogP contribution is -2.40. The van der Waals surface area contributed by atoms with Gasteiger partial charge >= 0.3 is 0 Å². The fourth-order valence-corrected chi connectivity index (χ4v) is 1.95. The van der Waals surface area contributed by atoms with E-state index in [1.54, 1.807) is 12.1 Å². The molecule has 2 aromatic carbocycles. The van der Waals surface area contributed by atoms with Crippen LogP contribution in [0.25, 0.3) is 0 Å². The summed E-state index contributed by atoms with van der Waals surface area (Å²) in [5.41, 5.74) is 8.03. The van der Waals surface area contributed by atoms with Crippen LogP contribution in [0.1, 0.15) is 12.0 Å². The van der Waals surface area contributed by atoms with Crippen molar-refractivity contribution >= 4 is 11.6 Å². The molecule has 0 spiro atoms. The zero-order valence-corrected chi connectivity index (χ0v) is 12.8. The summed E-state index contributed by atoms with van der Waals surface area (Å²) < 4.78 is 12.8. The Morgan fingerprint density at radius 3 is 2.39 bits per heavy atom. The van der Waals surface area contributed by atoms with Gasteiger partial charge in [0.1, 0.15) is 5.82 Å². The zero-order chi connectivity index (χ0) is 16.5. The van der Waals surface area contributed by atoms with Crippen molar-refractivity contribution < 1.29 is 9.18 Å². The Bertz CT molecular complexity index is 641. The minimum Gasteiger partial charge on any atom is -0.376 e. The molecule has 0 aromatic heterocycles. The van der Waals surface area contributed by atoms with Crippen molar-refractivity contribution in [1.82, 2.24) is 10.9 Å². The Labute approximate surface area is 135 Å². The Balaban J connectivity index is 1.63. The highest BCUT2D eigenvalue weighted by molar-refractivity contribution is 5.80. The lowest BCUT2D eigenvalue weighted by molar-refractivity contribution is -0.120. The summed E-state index contributed by atoms with van der Waals surface area (Å²) in [7, 11) is 0. The van der Waals surface area contributed by atoms with Gasteiger partial charge in [0.15, 0.2) is 0 Å². The molecule has 0 heterocycles. The molecule has 3 N–H and O–H groups in total. The third-order valence-electron chi connectivity index (χ3n) is 3.23. The van der Waals surface area contributed by atoms with E-state index in [2.05, 4.69) is 34.9 Å². The number of halogens is 1. The number of hydrogen-bond acceptors (Lipinski definition) is 3. The number of anilines is 1. The van der Waals surface area contributed by atoms with Gasteiger partial charge in [0.2, 0.25) is 0 Å². The van der Waals surface area contributed by atoms with E-state index in [0.29, 0.717) is 5.69 Å². The molecule has 5 heteroatoms. The van der Waals surface area contributed by atoms with E-state index < -0.39 is 0 Å². The normalized spacial score (nSPS) is 9.96. The van der Waals surface area contributed by atoms with E-state index in [1.165, 1.54) is 17.7 Å². The maximum atomic E-state index is 12.8. The van der Waals surface area contributed by atoms with E-state index >= 15 is 0 Å². The van der Waals surface area contributed by atoms with Gasteiger partial charge in [-0.1, -0.05) is 36.9 Å². The monoisotopic (exact) mass is 313 g/mol. The summed E-state index contributed by atoms with van der Waals surface area (Å²) in [6.07, 6.45) is 1.59. The molecule has 0 aliphatic heterocycles. The molecule has 0 bridgehead atoms. The fourth-order valence-electron chi connectivity index (χ4n) is 1.95. The van der Waals surface area contributed by atoms with Gasteiger partial charge in [0.25, 0.3) is 5.91 Å². The molecule has 0 aliphatic carbocycles. The molecule has 1 amide bonds. The number of amides is 1. The van der Waals surface area contributed by atoms with Crippen molar-refractivity contribution in [3.8, 4) is 0 Å². The van der Waals surface area contributed by atoms with Crippen LogP contribution >= 0.6 is 0 Å². The molecule has 120 valence electrons. The summed E-state index contributed by atoms with van der Waals surface area (Å²) >= 11 is 0. The number of carbonyl (C=O) groups excluding carboxylic acids is 1. The summed E-state index contributed by atoms with van der Waals surface area (Å²) in [5.74, 6) is -0.536. The molecule has 2 rings (SSSR count). The largest absolute Gasteiger partial charge is 0.376 e. The quantitative estimate of drug-likeness (QED) is 0.657. The molecule has 23 heavy (non-hydrogen) atoms. The van der Waals surface area contributed by atoms with Crippen molar-refractivity contribution in [3.05, 3.63) is 78.3 Å². The standard InChI is InChI=1S/C18H20FN3O/c1-14(7-8-15-5-3-2-4-6-15)21-22-18(23)13-20-17-11-9-16(19)10-12-17/h2-6,9-12,20-21H,1,7-8,13H2,(H,22,23). The number of aryl methyl sites for hydroxylation is 1. The van der Waals surface area contributed by atoms with Gasteiger partial charge in [0.05, 0.1) is 6.54 Å². The smallest absolute Gasteiger partial charge is 0.257 e. The second-order valence-electron chi connectivity index (χ2n) is 5.12. The number of carbonyl (C=O) groups is 1. The molecule has 0 radical (unpaired) electrons. The first kappa shape index (κ1) is 16.5. The van der Waals surface area contributed by atoms with Crippen molar-refractivity contribution in [2.45, 2.75) is 12.8 Å². The molecule has 0 saturated carbocycles. The van der Waals surface area contributed by atoms with E-state index in [-0.39, 0.29) is 18.3 Å². The molecule has 0 atom stereocenters. The zero-order valence-electron chi connectivity index (χ0n) is 12.8. The Kier molecular flexibility index (Phi) is 6.17. The second kappa shape index (κ2) is 8.58. The number of hydrogen-bond donors (Lipinski definition) is 3. The lowest BCUT2D eigenvalue weighted by atomic mass is 10.1. The highest BCUT2D eigenvalue weighted by Gasteiger charge is 2.02. The Hall–Kier alpha value is -2.82. The molecule has 0 aliphatic rings. The molecule has 4 nitrogen and oxygen atoms in total. The minimum absolute atomic E-state index is 0.0879. The van der Waals surface area contributed by atoms with Gasteiger partial charge in [-0.25, -0.2) is 4.39 Å². The SMILES string of the molecule is C=C(CCc1ccccc1)NNC(=O)CNc1ccc(F)cc1. The highest BCUT2D eigenvalue weighted by atomic mass is 19.1. The lowest BCUT2D eigenvalue weighted by Gasteiger charge is -2.12. The summed E-state index contributed by atoms with van der Waals surface area (Å²) in [6, 6.07) is 15.9. The van der Waals surface area contributed by atoms with Crippen molar-refractivity contribution in [2.24, 2.45) is 0 Å². The predicted octanol–water partition coefficient (Wildman–Crippen LogP) is 3.00. The van der Waals surface area contributed by atoms with Gasteiger partial charge in [-0.2, -0.15) is 0 Å². The average Bonchev–Trinajstić information content (AvgIpc) is 2.58. The summed E-state index contributed by atoms with van der Waals surface area (Å²) in [6.45, 7) is 3.97. The second-order valence-corrected chi connectivity index (χ2v) is 5.12. The van der Waals surface area contributed by atoms with Gasteiger partial charge in [-0.3, -0.25) is 10.2 Å². The number of allylic oxidation sites excluding steroid dienone is 1. The highest BCUT2D eigenvalue weighted by Crippen LogP contribution is 2.07. The molecule has 0 unspecified atom stereocenters. The topological polar surface area (TPSA) is 53.2 Å². The van der Waals surface area contributed by atoms with Crippen LogP contribution in [0.15, 0.2) is 66.9 Å². The van der Waals surface area contributed by atoms with Crippen molar-refractivity contribution in [1.29, 1.82) is 0 Å². The van der Waals surface area contributed by atoms with E-state index in [0.717, 1.165) is 18.5 Å². The maximum Gasteiger partial charge on any atom is 0.257 e. The van der Waals surface area contributed by atoms with E-state index in [9.17, 15) is 9.18 Å². The van der Waals surface area contributed by atoms with E-state index in [1.807, 2.05) is 18.2 Å². The molecular formula is C18H20FN3O. The summed E-state index contributed by atoms with van der Waals surface area (Å²) in [5, 5.41) is 2.90. The molecular weight excluding hydrogens is 293 g/mol. The molecule has 0 fully saturated rings. The first-order chi connectivity index (χ1) is 11.1. The summed E-state index contributed by atoms with van der Waals surface area (Å²) in [4.78, 5) is 11.7. The first-order valence-electron chi connectivity index (χ1n) is 7.39. The number of nitrogens with one attached hydrogen (secondary N) is 3. The van der Waals surface area contributed by atoms with Crippen LogP contribution in [0.2, 0.25) is 0 Å². The first-order valence-corrected chi connectivity index (χ1v) is 7.39. The molecule has 2 aromatic rings. The average molecular weight is 313 g/mol. The Morgan fingerprint density at radius 1 is 1.00 bits per heavy atom. The van der Waals surface area contributed by atoms with Crippen LogP contribution in [0.5, 0.6) is 0 Å². The van der Waals surface area contributed by atoms with Crippen LogP contribution < -0.4 is 16.2 Å². The van der Waals surface area contributed by atoms with Gasteiger partial charge in [-0.05, 0) is 42.7 Å². The van der Waals surface area contributed by atoms with Crippen molar-refractivity contribution in [2.75, 3.05) is 11.9 Å². The number of benzene rings is 2. The number of hydrazine groups is 1. The third kappa shape index (κ3) is 6.22. The maximum absolute atomic E-state index is 12.8. The van der Waals surface area contributed by atoms with Crippen LogP contribution in [0.4, 0.5) is 10.1 Å². The fraction of sp³-hybridized carbons (Fsp3) is 0.167. The predicted molar refractivity (Wildman–Crippen MR) is 90.1 cm³/mol. The van der Waals surface area contributed by atoms with E-state index in [4.69, 9.17) is 0 Å². The van der Waals surface area contributed by atoms with Crippen molar-refractivity contribution in [3.63, 3.8) is 0 Å². The van der Waals surface area contributed by atoms with Gasteiger partial charge in [-0.15, -0.1) is 0 Å². The minimum atomic E-state index is -0.309. The number of rotatable bonds is 8. The van der Waals surface area contributed by atoms with Crippen LogP contribution in [0.3, 0.4) is 0 Å². The van der Waals surface area contributed by atoms with Crippen LogP contribution in [-0.2, 0) is 11.2 Å². The van der Waals surface area contributed by atoms with Crippen LogP contribution in [0, 0.1) is 5.82 Å². The molecule has 0 saturated heterocycles. The van der Waals surface area contributed by atoms with Crippen LogP contribution in [-0.4, -0.2) is 12.5 Å².